The molecular weight excluding hydrogens is 52.0 g/mol. The van der Waals surface area contributed by atoms with Gasteiger partial charge in [-0.15, -0.1) is 0 Å². The minimum absolute atomic E-state index is 0. The Kier molecular flexibility index (Phi) is 27.9. The second-order valence-corrected chi connectivity index (χ2v) is 0.316. The third kappa shape index (κ3) is 1130. The summed E-state index contributed by atoms with van der Waals surface area (Å²) >= 11 is 0. The van der Waals surface area contributed by atoms with E-state index in [2.05, 4.69) is 0 Å². The molecule has 0 aliphatic carbocycles. The molecule has 1 N–H and O–H groups in total. The second kappa shape index (κ2) is 12.3. The standard InChI is InChI=1S/C2H6O.CH4.H2/c1-2-3;;/h3H,2H2,1H3;1H4;1H/i;;1+2. The molecule has 0 saturated heterocycles. The number of hydrogen-bond acceptors (Lipinski definition) is 1. The molecular formula is C3H12O. The first-order valence-electron chi connectivity index (χ1n) is 1.02. The van der Waals surface area contributed by atoms with Gasteiger partial charge in [0.15, 0.2) is 0 Å². The Balaban J connectivity index is -0.0000000200. The van der Waals surface area contributed by atoms with Gasteiger partial charge < -0.3 is 5.11 Å². The monoisotopic (exact) mass is 66.1 g/mol. The topological polar surface area (TPSA) is 20.2 Å². The Morgan fingerprint density at radius 2 is 2.00 bits per heavy atom. The minimum Gasteiger partial charge on any atom is -0.397 e. The van der Waals surface area contributed by atoms with Crippen LogP contribution in [0.1, 0.15) is 15.8 Å². The van der Waals surface area contributed by atoms with Crippen molar-refractivity contribution in [1.82, 2.24) is 0 Å². The summed E-state index contributed by atoms with van der Waals surface area (Å²) in [7, 11) is 0. The van der Waals surface area contributed by atoms with Gasteiger partial charge in [-0.1, -0.05) is 7.43 Å². The van der Waals surface area contributed by atoms with Gasteiger partial charge in [0.2, 0.25) is 0 Å². The molecule has 0 bridgehead atoms. The van der Waals surface area contributed by atoms with Crippen LogP contribution in [0.4, 0.5) is 0 Å². The molecule has 0 atom stereocenters. The van der Waals surface area contributed by atoms with E-state index >= 15 is 0 Å². The van der Waals surface area contributed by atoms with Crippen molar-refractivity contribution in [2.45, 2.75) is 14.4 Å². The van der Waals surface area contributed by atoms with Crippen molar-refractivity contribution in [1.29, 1.82) is 0 Å². The van der Waals surface area contributed by atoms with Gasteiger partial charge in [-0.3, -0.25) is 0 Å². The lowest BCUT2D eigenvalue weighted by Gasteiger charge is -1.52. The molecule has 0 fully saturated rings. The third-order valence-electron chi connectivity index (χ3n) is 0. The van der Waals surface area contributed by atoms with Gasteiger partial charge in [-0.25, -0.2) is 0 Å². The highest BCUT2D eigenvalue weighted by Crippen LogP contribution is 1.30. The molecule has 0 amide bonds. The Labute approximate surface area is 28.8 Å². The fourth-order valence-electron chi connectivity index (χ4n) is 0. The van der Waals surface area contributed by atoms with Crippen LogP contribution in [0.15, 0.2) is 0 Å². The Morgan fingerprint density at radius 3 is 2.00 bits per heavy atom. The number of hydrogen-bond donors (Lipinski definition) is 1. The van der Waals surface area contributed by atoms with E-state index in [1.54, 1.807) is 6.92 Å². The van der Waals surface area contributed by atoms with Crippen LogP contribution in [-0.4, -0.2) is 11.7 Å². The normalized spacial score (nSPS) is 4.50. The molecule has 0 unspecified atom stereocenters. The minimum atomic E-state index is 0. The van der Waals surface area contributed by atoms with Gasteiger partial charge in [-0.2, -0.15) is 0 Å². The summed E-state index contributed by atoms with van der Waals surface area (Å²) in [6.45, 7) is 1.93. The molecule has 0 aromatic carbocycles. The first kappa shape index (κ1) is 9.03. The molecule has 30 valence electrons. The summed E-state index contributed by atoms with van der Waals surface area (Å²) in [5.74, 6) is 0. The predicted octanol–water partition coefficient (Wildman–Crippen LogP) is 0.881. The van der Waals surface area contributed by atoms with Crippen molar-refractivity contribution < 1.29 is 6.53 Å². The fourth-order valence-corrected chi connectivity index (χ4v) is 0. The van der Waals surface area contributed by atoms with E-state index in [0.717, 1.165) is 0 Å². The molecule has 0 heterocycles. The van der Waals surface area contributed by atoms with Crippen molar-refractivity contribution >= 4 is 0 Å². The van der Waals surface area contributed by atoms with E-state index in [0.29, 0.717) is 0 Å². The highest BCUT2D eigenvalue weighted by Gasteiger charge is 1.34. The van der Waals surface area contributed by atoms with Crippen LogP contribution in [0.3, 0.4) is 0 Å². The van der Waals surface area contributed by atoms with Crippen molar-refractivity contribution in [3.63, 3.8) is 0 Å². The Bertz CT molecular complexity index is 6.85. The summed E-state index contributed by atoms with van der Waals surface area (Å²) < 4.78 is 0. The second-order valence-electron chi connectivity index (χ2n) is 0.316. The quantitative estimate of drug-likeness (QED) is 0.445. The summed E-state index contributed by atoms with van der Waals surface area (Å²) in [6.07, 6.45) is 0. The first-order valence-corrected chi connectivity index (χ1v) is 1.02. The van der Waals surface area contributed by atoms with E-state index in [1.165, 1.54) is 0 Å². The van der Waals surface area contributed by atoms with Crippen LogP contribution in [0.5, 0.6) is 0 Å². The van der Waals surface area contributed by atoms with E-state index in [-0.39, 0.29) is 15.5 Å². The maximum absolute atomic E-state index is 7.57. The van der Waals surface area contributed by atoms with Crippen molar-refractivity contribution in [3.8, 4) is 0 Å². The molecule has 0 aromatic rings. The number of aliphatic hydroxyl groups is 1. The van der Waals surface area contributed by atoms with Crippen LogP contribution >= 0.6 is 0 Å². The van der Waals surface area contributed by atoms with Crippen molar-refractivity contribution in [2.24, 2.45) is 0 Å². The zero-order valence-corrected chi connectivity index (χ0v) is 2.15. The van der Waals surface area contributed by atoms with Crippen LogP contribution in [-0.2, 0) is 0 Å². The van der Waals surface area contributed by atoms with Gasteiger partial charge >= 0.3 is 0 Å². The smallest absolute Gasteiger partial charge is 0.0402 e. The zero-order chi connectivity index (χ0) is 2.71. The Morgan fingerprint density at radius 1 is 2.00 bits per heavy atom. The Hall–Kier alpha value is -0.0400. The van der Waals surface area contributed by atoms with Gasteiger partial charge in [0.1, 0.15) is 0 Å². The summed E-state index contributed by atoms with van der Waals surface area (Å²) in [5.41, 5.74) is 0. The maximum atomic E-state index is 7.57. The lowest BCUT2D eigenvalue weighted by molar-refractivity contribution is 0.318. The van der Waals surface area contributed by atoms with Gasteiger partial charge in [0.25, 0.3) is 0 Å². The largest absolute Gasteiger partial charge is 0.397 e. The zero-order valence-electron chi connectivity index (χ0n) is 2.15. The van der Waals surface area contributed by atoms with Crippen molar-refractivity contribution in [3.05, 3.63) is 0 Å². The van der Waals surface area contributed by atoms with Crippen LogP contribution in [0.25, 0.3) is 0 Å². The van der Waals surface area contributed by atoms with E-state index in [1.807, 2.05) is 0 Å². The molecule has 0 saturated carbocycles. The first-order chi connectivity index (χ1) is 1.41. The lowest BCUT2D eigenvalue weighted by atomic mass is 10.9. The van der Waals surface area contributed by atoms with E-state index in [9.17, 15) is 0 Å². The molecule has 1 nitrogen and oxygen atoms in total. The average molecular weight is 66.1 g/mol. The maximum Gasteiger partial charge on any atom is 0.0402 e. The van der Waals surface area contributed by atoms with Crippen LogP contribution in [0, 0.1) is 0 Å². The van der Waals surface area contributed by atoms with E-state index < -0.39 is 0 Å². The predicted molar refractivity (Wildman–Crippen MR) is 21.6 cm³/mol. The van der Waals surface area contributed by atoms with Crippen LogP contribution < -0.4 is 0 Å². The van der Waals surface area contributed by atoms with Gasteiger partial charge in [-0.05, 0) is 6.92 Å². The molecule has 0 radical (unpaired) electrons. The molecule has 1 heteroatoms. The molecule has 0 aliphatic rings. The highest BCUT2D eigenvalue weighted by atomic mass is 16.2. The summed E-state index contributed by atoms with van der Waals surface area (Å²) in [5, 5.41) is 7.57. The van der Waals surface area contributed by atoms with Gasteiger partial charge in [0.05, 0.1) is 0 Å². The molecule has 0 aromatic heterocycles. The molecule has 4 heavy (non-hydrogen) atoms. The number of rotatable bonds is 0. The third-order valence-corrected chi connectivity index (χ3v) is 0. The highest BCUT2D eigenvalue weighted by molar-refractivity contribution is 3.84. The summed E-state index contributed by atoms with van der Waals surface area (Å²) in [4.78, 5) is 0. The van der Waals surface area contributed by atoms with E-state index in [4.69, 9.17) is 5.11 Å². The van der Waals surface area contributed by atoms with Gasteiger partial charge in [0, 0.05) is 8.03 Å². The number of aliphatic hydroxyl groups excluding tert-OH is 1. The van der Waals surface area contributed by atoms with Crippen molar-refractivity contribution in [2.75, 3.05) is 6.61 Å². The van der Waals surface area contributed by atoms with Crippen LogP contribution in [0.2, 0.25) is 0 Å². The SMILES string of the molecule is C.CCO.[3HH]. The lowest BCUT2D eigenvalue weighted by Crippen LogP contribution is -1.57. The summed E-state index contributed by atoms with van der Waals surface area (Å²) in [6, 6.07) is 0. The fraction of sp³-hybridized carbons (Fsp3) is 1.00. The molecule has 0 aliphatic heterocycles. The average Bonchev–Trinajstić information content (AvgIpc) is 0.918. The molecule has 0 rings (SSSR count). The molecule has 0 spiro atoms.